The number of nitrogens with zero attached hydrogens (tertiary/aromatic N) is 2. The van der Waals surface area contributed by atoms with Crippen LogP contribution in [0, 0.1) is 11.8 Å². The molecule has 3 rings (SSSR count). The molecule has 1 saturated carbocycles. The highest BCUT2D eigenvalue weighted by Crippen LogP contribution is 2.31. The second-order valence-electron chi connectivity index (χ2n) is 6.29. The Labute approximate surface area is 140 Å². The SMILES string of the molecule is O=C(O)[C@@H]1CC[C@H](C(=O)NCc2cnn(Cc3ccccc3)c2)C1. The number of rotatable bonds is 6. The lowest BCUT2D eigenvalue weighted by Gasteiger charge is -2.09. The van der Waals surface area contributed by atoms with Gasteiger partial charge in [0.2, 0.25) is 5.91 Å². The van der Waals surface area contributed by atoms with Crippen LogP contribution in [0.25, 0.3) is 0 Å². The molecule has 1 fully saturated rings. The number of nitrogens with one attached hydrogen (secondary N) is 1. The summed E-state index contributed by atoms with van der Waals surface area (Å²) >= 11 is 0. The van der Waals surface area contributed by atoms with Crippen molar-refractivity contribution < 1.29 is 14.7 Å². The van der Waals surface area contributed by atoms with Gasteiger partial charge in [0, 0.05) is 24.2 Å². The summed E-state index contributed by atoms with van der Waals surface area (Å²) in [6.45, 7) is 1.11. The lowest BCUT2D eigenvalue weighted by atomic mass is 10.0. The minimum atomic E-state index is -0.799. The zero-order chi connectivity index (χ0) is 16.9. The van der Waals surface area contributed by atoms with Crippen molar-refractivity contribution in [1.82, 2.24) is 15.1 Å². The molecule has 0 aliphatic heterocycles. The predicted octanol–water partition coefficient (Wildman–Crippen LogP) is 2.05. The zero-order valence-electron chi connectivity index (χ0n) is 13.4. The molecule has 2 atom stereocenters. The van der Waals surface area contributed by atoms with Crippen LogP contribution in [0.15, 0.2) is 42.7 Å². The van der Waals surface area contributed by atoms with E-state index >= 15 is 0 Å². The van der Waals surface area contributed by atoms with Gasteiger partial charge in [-0.25, -0.2) is 0 Å². The van der Waals surface area contributed by atoms with Gasteiger partial charge >= 0.3 is 5.97 Å². The lowest BCUT2D eigenvalue weighted by molar-refractivity contribution is -0.141. The van der Waals surface area contributed by atoms with Crippen molar-refractivity contribution in [2.75, 3.05) is 0 Å². The van der Waals surface area contributed by atoms with Crippen molar-refractivity contribution in [2.24, 2.45) is 11.8 Å². The Morgan fingerprint density at radius 1 is 1.17 bits per heavy atom. The van der Waals surface area contributed by atoms with Crippen molar-refractivity contribution in [1.29, 1.82) is 0 Å². The van der Waals surface area contributed by atoms with Gasteiger partial charge in [-0.1, -0.05) is 30.3 Å². The maximum Gasteiger partial charge on any atom is 0.306 e. The molecule has 1 aliphatic rings. The number of carbonyl (C=O) groups is 2. The highest BCUT2D eigenvalue weighted by Gasteiger charge is 2.33. The molecule has 1 aromatic carbocycles. The molecule has 0 spiro atoms. The number of benzene rings is 1. The number of aliphatic carboxylic acids is 1. The van der Waals surface area contributed by atoms with Crippen LogP contribution in [0.4, 0.5) is 0 Å². The molecule has 0 saturated heterocycles. The van der Waals surface area contributed by atoms with Crippen molar-refractivity contribution in [3.8, 4) is 0 Å². The molecule has 0 bridgehead atoms. The first-order valence-electron chi connectivity index (χ1n) is 8.17. The van der Waals surface area contributed by atoms with Crippen LogP contribution in [0.5, 0.6) is 0 Å². The standard InChI is InChI=1S/C18H21N3O3/c22-17(15-6-7-16(8-15)18(23)24)19-9-14-10-20-21(12-14)11-13-4-2-1-3-5-13/h1-5,10,12,15-16H,6-9,11H2,(H,19,22)(H,23,24)/t15-,16+/m0/s1. The van der Waals surface area contributed by atoms with E-state index < -0.39 is 5.97 Å². The average Bonchev–Trinajstić information content (AvgIpc) is 3.23. The van der Waals surface area contributed by atoms with Gasteiger partial charge in [0.25, 0.3) is 0 Å². The Balaban J connectivity index is 1.49. The molecule has 1 aliphatic carbocycles. The average molecular weight is 327 g/mol. The zero-order valence-corrected chi connectivity index (χ0v) is 13.4. The van der Waals surface area contributed by atoms with Crippen LogP contribution < -0.4 is 5.32 Å². The van der Waals surface area contributed by atoms with E-state index in [0.717, 1.165) is 5.56 Å². The molecule has 1 aromatic heterocycles. The summed E-state index contributed by atoms with van der Waals surface area (Å²) in [6, 6.07) is 10.0. The van der Waals surface area contributed by atoms with E-state index in [9.17, 15) is 9.59 Å². The van der Waals surface area contributed by atoms with E-state index in [1.807, 2.05) is 41.2 Å². The molecular formula is C18H21N3O3. The fraction of sp³-hybridized carbons (Fsp3) is 0.389. The summed E-state index contributed by atoms with van der Waals surface area (Å²) in [7, 11) is 0. The van der Waals surface area contributed by atoms with Gasteiger partial charge in [0.1, 0.15) is 0 Å². The molecule has 1 heterocycles. The van der Waals surface area contributed by atoms with Gasteiger partial charge in [-0.3, -0.25) is 14.3 Å². The quantitative estimate of drug-likeness (QED) is 0.850. The third kappa shape index (κ3) is 4.01. The van der Waals surface area contributed by atoms with Crippen molar-refractivity contribution in [3.05, 3.63) is 53.9 Å². The molecule has 2 N–H and O–H groups in total. The second kappa shape index (κ2) is 7.29. The van der Waals surface area contributed by atoms with Gasteiger partial charge in [0.05, 0.1) is 18.7 Å². The number of carbonyl (C=O) groups excluding carboxylic acids is 1. The van der Waals surface area contributed by atoms with Gasteiger partial charge in [-0.2, -0.15) is 5.10 Å². The maximum atomic E-state index is 12.2. The van der Waals surface area contributed by atoms with E-state index in [2.05, 4.69) is 10.4 Å². The Morgan fingerprint density at radius 3 is 2.62 bits per heavy atom. The molecular weight excluding hydrogens is 306 g/mol. The number of hydrogen-bond donors (Lipinski definition) is 2. The van der Waals surface area contributed by atoms with E-state index in [0.29, 0.717) is 32.4 Å². The maximum absolute atomic E-state index is 12.2. The molecule has 0 unspecified atom stereocenters. The number of aromatic nitrogens is 2. The summed E-state index contributed by atoms with van der Waals surface area (Å²) in [5, 5.41) is 16.2. The molecule has 0 radical (unpaired) electrons. The van der Waals surface area contributed by atoms with Crippen molar-refractivity contribution in [3.63, 3.8) is 0 Å². The van der Waals surface area contributed by atoms with Gasteiger partial charge in [-0.15, -0.1) is 0 Å². The van der Waals surface area contributed by atoms with E-state index in [1.54, 1.807) is 6.20 Å². The summed E-state index contributed by atoms with van der Waals surface area (Å²) < 4.78 is 1.84. The number of carboxylic acid groups (broad SMARTS) is 1. The highest BCUT2D eigenvalue weighted by molar-refractivity contribution is 5.80. The van der Waals surface area contributed by atoms with E-state index in [-0.39, 0.29) is 17.7 Å². The molecule has 1 amide bonds. The third-order valence-electron chi connectivity index (χ3n) is 4.49. The fourth-order valence-corrected chi connectivity index (χ4v) is 3.13. The molecule has 6 heteroatoms. The van der Waals surface area contributed by atoms with Crippen molar-refractivity contribution in [2.45, 2.75) is 32.4 Å². The van der Waals surface area contributed by atoms with Gasteiger partial charge in [0.15, 0.2) is 0 Å². The Hall–Kier alpha value is -2.63. The third-order valence-corrected chi connectivity index (χ3v) is 4.49. The number of carboxylic acids is 1. The first-order valence-corrected chi connectivity index (χ1v) is 8.17. The van der Waals surface area contributed by atoms with Gasteiger partial charge in [-0.05, 0) is 24.8 Å². The van der Waals surface area contributed by atoms with Crippen LogP contribution in [0.2, 0.25) is 0 Å². The van der Waals surface area contributed by atoms with Gasteiger partial charge < -0.3 is 10.4 Å². The predicted molar refractivity (Wildman–Crippen MR) is 88.1 cm³/mol. The Bertz CT molecular complexity index is 711. The second-order valence-corrected chi connectivity index (χ2v) is 6.29. The van der Waals surface area contributed by atoms with E-state index in [4.69, 9.17) is 5.11 Å². The van der Waals surface area contributed by atoms with Crippen LogP contribution in [-0.4, -0.2) is 26.8 Å². The summed E-state index contributed by atoms with van der Waals surface area (Å²) in [5.74, 6) is -1.43. The fourth-order valence-electron chi connectivity index (χ4n) is 3.13. The number of amides is 1. The van der Waals surface area contributed by atoms with Crippen LogP contribution in [0.3, 0.4) is 0 Å². The molecule has 24 heavy (non-hydrogen) atoms. The minimum Gasteiger partial charge on any atom is -0.481 e. The summed E-state index contributed by atoms with van der Waals surface area (Å²) in [6.07, 6.45) is 5.34. The number of hydrogen-bond acceptors (Lipinski definition) is 3. The normalized spacial score (nSPS) is 20.0. The molecule has 2 aromatic rings. The van der Waals surface area contributed by atoms with Crippen molar-refractivity contribution >= 4 is 11.9 Å². The van der Waals surface area contributed by atoms with Crippen LogP contribution in [0.1, 0.15) is 30.4 Å². The lowest BCUT2D eigenvalue weighted by Crippen LogP contribution is -2.29. The monoisotopic (exact) mass is 327 g/mol. The van der Waals surface area contributed by atoms with Crippen LogP contribution in [-0.2, 0) is 22.7 Å². The van der Waals surface area contributed by atoms with Crippen LogP contribution >= 0.6 is 0 Å². The Kier molecular flexibility index (Phi) is 4.93. The summed E-state index contributed by atoms with van der Waals surface area (Å²) in [4.78, 5) is 23.1. The first-order chi connectivity index (χ1) is 11.6. The topological polar surface area (TPSA) is 84.2 Å². The molecule has 126 valence electrons. The minimum absolute atomic E-state index is 0.0606. The largest absolute Gasteiger partial charge is 0.481 e. The smallest absolute Gasteiger partial charge is 0.306 e. The summed E-state index contributed by atoms with van der Waals surface area (Å²) in [5.41, 5.74) is 2.11. The molecule has 6 nitrogen and oxygen atoms in total. The highest BCUT2D eigenvalue weighted by atomic mass is 16.4. The van der Waals surface area contributed by atoms with E-state index in [1.165, 1.54) is 5.56 Å². The first kappa shape index (κ1) is 16.2. The Morgan fingerprint density at radius 2 is 1.92 bits per heavy atom.